The van der Waals surface area contributed by atoms with Crippen LogP contribution < -0.4 is 16.4 Å². The van der Waals surface area contributed by atoms with Gasteiger partial charge in [-0.2, -0.15) is 0 Å². The molecular weight excluding hydrogens is 336 g/mol. The predicted octanol–water partition coefficient (Wildman–Crippen LogP) is 0.650. The molecule has 1 aromatic carbocycles. The van der Waals surface area contributed by atoms with Gasteiger partial charge in [0, 0.05) is 13.1 Å². The summed E-state index contributed by atoms with van der Waals surface area (Å²) in [5.74, 6) is -2.01. The first-order chi connectivity index (χ1) is 12.4. The van der Waals surface area contributed by atoms with E-state index in [0.29, 0.717) is 38.2 Å². The Labute approximate surface area is 152 Å². The van der Waals surface area contributed by atoms with Crippen molar-refractivity contribution in [2.45, 2.75) is 25.3 Å². The van der Waals surface area contributed by atoms with Crippen molar-refractivity contribution in [3.8, 4) is 0 Å². The van der Waals surface area contributed by atoms with Gasteiger partial charge in [0.05, 0.1) is 11.7 Å². The molecule has 5 N–H and O–H groups in total. The van der Waals surface area contributed by atoms with E-state index in [4.69, 9.17) is 5.73 Å². The van der Waals surface area contributed by atoms with Gasteiger partial charge >= 0.3 is 12.0 Å². The highest BCUT2D eigenvalue weighted by atomic mass is 16.4. The number of carboxylic acids is 1. The smallest absolute Gasteiger partial charge is 0.327 e. The molecule has 1 unspecified atom stereocenters. The number of nitrogens with zero attached hydrogens (tertiary/aromatic N) is 1. The molecule has 0 aromatic heterocycles. The molecule has 0 bridgehead atoms. The molecule has 1 aromatic rings. The van der Waals surface area contributed by atoms with E-state index in [9.17, 15) is 19.5 Å². The van der Waals surface area contributed by atoms with Gasteiger partial charge in [-0.15, -0.1) is 0 Å². The Hall–Kier alpha value is -3.03. The van der Waals surface area contributed by atoms with E-state index < -0.39 is 29.9 Å². The standard InChI is InChI=1S/C18H24N4O4/c1-12(19)20-10-5-8-14-15(17(24)25)22(16(14)23)18(26)21-11-9-13-6-3-2-4-7-13/h2-4,6-7,14-15,20H,1,5,8-11,19H2,(H,21,26)(H,24,25)/t14-,15?/m1/s1. The molecule has 8 heteroatoms. The Morgan fingerprint density at radius 2 is 1.88 bits per heavy atom. The molecule has 1 aliphatic heterocycles. The van der Waals surface area contributed by atoms with Crippen LogP contribution in [0.5, 0.6) is 0 Å². The zero-order valence-corrected chi connectivity index (χ0v) is 14.5. The zero-order valence-electron chi connectivity index (χ0n) is 14.5. The van der Waals surface area contributed by atoms with E-state index in [1.807, 2.05) is 30.3 Å². The summed E-state index contributed by atoms with van der Waals surface area (Å²) in [6.45, 7) is 4.31. The van der Waals surface area contributed by atoms with Crippen molar-refractivity contribution in [2.24, 2.45) is 11.7 Å². The van der Waals surface area contributed by atoms with Gasteiger partial charge in [-0.05, 0) is 24.8 Å². The molecule has 2 atom stereocenters. The number of carbonyl (C=O) groups is 3. The lowest BCUT2D eigenvalue weighted by molar-refractivity contribution is -0.166. The number of carbonyl (C=O) groups excluding carboxylic acids is 2. The summed E-state index contributed by atoms with van der Waals surface area (Å²) < 4.78 is 0. The highest BCUT2D eigenvalue weighted by molar-refractivity contribution is 6.07. The van der Waals surface area contributed by atoms with Crippen LogP contribution >= 0.6 is 0 Å². The van der Waals surface area contributed by atoms with Gasteiger partial charge in [0.2, 0.25) is 5.91 Å². The highest BCUT2D eigenvalue weighted by Crippen LogP contribution is 2.30. The number of nitrogens with two attached hydrogens (primary N) is 1. The van der Waals surface area contributed by atoms with Gasteiger partial charge < -0.3 is 21.5 Å². The van der Waals surface area contributed by atoms with Crippen LogP contribution in [0.3, 0.4) is 0 Å². The molecule has 1 fully saturated rings. The first-order valence-corrected chi connectivity index (χ1v) is 8.47. The van der Waals surface area contributed by atoms with E-state index in [-0.39, 0.29) is 0 Å². The Morgan fingerprint density at radius 3 is 2.50 bits per heavy atom. The van der Waals surface area contributed by atoms with Crippen molar-refractivity contribution in [3.63, 3.8) is 0 Å². The van der Waals surface area contributed by atoms with Gasteiger partial charge in [-0.25, -0.2) is 14.5 Å². The monoisotopic (exact) mass is 360 g/mol. The number of β-lactam (4-membered cyclic amide) rings is 1. The Bertz CT molecular complexity index is 677. The van der Waals surface area contributed by atoms with Crippen LogP contribution in [0, 0.1) is 5.92 Å². The van der Waals surface area contributed by atoms with Crippen molar-refractivity contribution >= 4 is 17.9 Å². The lowest BCUT2D eigenvalue weighted by Crippen LogP contribution is -2.68. The second kappa shape index (κ2) is 8.89. The topological polar surface area (TPSA) is 125 Å². The van der Waals surface area contributed by atoms with Crippen molar-refractivity contribution in [1.82, 2.24) is 15.5 Å². The minimum absolute atomic E-state index is 0.319. The van der Waals surface area contributed by atoms with Crippen molar-refractivity contribution in [3.05, 3.63) is 48.3 Å². The molecular formula is C18H24N4O4. The molecule has 0 spiro atoms. The fourth-order valence-electron chi connectivity index (χ4n) is 2.95. The number of amides is 3. The normalized spacial score (nSPS) is 18.8. The van der Waals surface area contributed by atoms with Crippen LogP contribution in [-0.2, 0) is 16.0 Å². The number of urea groups is 1. The molecule has 1 heterocycles. The third-order valence-electron chi connectivity index (χ3n) is 4.26. The molecule has 1 aliphatic rings. The Kier molecular flexibility index (Phi) is 6.60. The van der Waals surface area contributed by atoms with Crippen LogP contribution in [-0.4, -0.2) is 47.0 Å². The molecule has 1 saturated heterocycles. The van der Waals surface area contributed by atoms with E-state index in [1.54, 1.807) is 0 Å². The summed E-state index contributed by atoms with van der Waals surface area (Å²) in [5.41, 5.74) is 6.43. The molecule has 8 nitrogen and oxygen atoms in total. The number of aliphatic carboxylic acids is 1. The average Bonchev–Trinajstić information content (AvgIpc) is 2.59. The second-order valence-corrected chi connectivity index (χ2v) is 6.16. The van der Waals surface area contributed by atoms with E-state index in [2.05, 4.69) is 17.2 Å². The number of benzene rings is 1. The van der Waals surface area contributed by atoms with Crippen LogP contribution in [0.2, 0.25) is 0 Å². The number of rotatable bonds is 9. The Balaban J connectivity index is 1.83. The number of likely N-dealkylation sites (tertiary alicyclic amines) is 1. The molecule has 2 rings (SSSR count). The summed E-state index contributed by atoms with van der Waals surface area (Å²) in [7, 11) is 0. The summed E-state index contributed by atoms with van der Waals surface area (Å²) in [6, 6.07) is 7.77. The summed E-state index contributed by atoms with van der Waals surface area (Å²) in [4.78, 5) is 36.7. The first-order valence-electron chi connectivity index (χ1n) is 8.47. The van der Waals surface area contributed by atoms with Crippen molar-refractivity contribution in [1.29, 1.82) is 0 Å². The van der Waals surface area contributed by atoms with Gasteiger partial charge in [-0.1, -0.05) is 36.9 Å². The number of hydrogen-bond donors (Lipinski definition) is 4. The lowest BCUT2D eigenvalue weighted by atomic mass is 9.84. The van der Waals surface area contributed by atoms with Gasteiger partial charge in [-0.3, -0.25) is 4.79 Å². The van der Waals surface area contributed by atoms with E-state index in [0.717, 1.165) is 10.5 Å². The molecule has 0 saturated carbocycles. The molecule has 0 aliphatic carbocycles. The summed E-state index contributed by atoms with van der Waals surface area (Å²) in [6.07, 6.45) is 1.52. The third kappa shape index (κ3) is 4.75. The molecule has 140 valence electrons. The lowest BCUT2D eigenvalue weighted by Gasteiger charge is -2.42. The largest absolute Gasteiger partial charge is 0.480 e. The van der Waals surface area contributed by atoms with Crippen LogP contribution in [0.25, 0.3) is 0 Å². The highest BCUT2D eigenvalue weighted by Gasteiger charge is 2.54. The minimum Gasteiger partial charge on any atom is -0.480 e. The maximum absolute atomic E-state index is 12.2. The maximum atomic E-state index is 12.2. The van der Waals surface area contributed by atoms with Crippen LogP contribution in [0.4, 0.5) is 4.79 Å². The minimum atomic E-state index is -1.18. The molecule has 26 heavy (non-hydrogen) atoms. The fourth-order valence-corrected chi connectivity index (χ4v) is 2.95. The predicted molar refractivity (Wildman–Crippen MR) is 95.9 cm³/mol. The number of nitrogens with one attached hydrogen (secondary N) is 2. The van der Waals surface area contributed by atoms with Crippen molar-refractivity contribution in [2.75, 3.05) is 13.1 Å². The number of hydrogen-bond acceptors (Lipinski definition) is 5. The maximum Gasteiger partial charge on any atom is 0.327 e. The fraction of sp³-hybridized carbons (Fsp3) is 0.389. The average molecular weight is 360 g/mol. The number of carboxylic acid groups (broad SMARTS) is 1. The molecule has 0 radical (unpaired) electrons. The Morgan fingerprint density at radius 1 is 1.19 bits per heavy atom. The van der Waals surface area contributed by atoms with Crippen molar-refractivity contribution < 1.29 is 19.5 Å². The third-order valence-corrected chi connectivity index (χ3v) is 4.26. The summed E-state index contributed by atoms with van der Waals surface area (Å²) in [5, 5.41) is 14.8. The van der Waals surface area contributed by atoms with Gasteiger partial charge in [0.1, 0.15) is 0 Å². The zero-order chi connectivity index (χ0) is 19.1. The first kappa shape index (κ1) is 19.3. The van der Waals surface area contributed by atoms with E-state index in [1.165, 1.54) is 0 Å². The quantitative estimate of drug-likeness (QED) is 0.379. The number of imide groups is 1. The summed E-state index contributed by atoms with van der Waals surface area (Å²) >= 11 is 0. The van der Waals surface area contributed by atoms with Crippen LogP contribution in [0.1, 0.15) is 18.4 Å². The second-order valence-electron chi connectivity index (χ2n) is 6.16. The van der Waals surface area contributed by atoms with Gasteiger partial charge in [0.25, 0.3) is 0 Å². The van der Waals surface area contributed by atoms with Gasteiger partial charge in [0.15, 0.2) is 6.04 Å². The van der Waals surface area contributed by atoms with Crippen LogP contribution in [0.15, 0.2) is 42.7 Å². The molecule has 3 amide bonds. The SMILES string of the molecule is C=C(N)NCCC[C@H]1C(=O)N(C(=O)NCCc2ccccc2)C1C(=O)O. The van der Waals surface area contributed by atoms with E-state index >= 15 is 0 Å².